The third kappa shape index (κ3) is 3.83. The van der Waals surface area contributed by atoms with Crippen molar-refractivity contribution in [3.05, 3.63) is 59.4 Å². The minimum atomic E-state index is -4.29. The fourth-order valence-electron chi connectivity index (χ4n) is 2.02. The molecule has 2 aromatic rings. The molecule has 8 heteroatoms. The van der Waals surface area contributed by atoms with Crippen LogP contribution in [0.2, 0.25) is 0 Å². The summed E-state index contributed by atoms with van der Waals surface area (Å²) in [4.78, 5) is -0.934. The van der Waals surface area contributed by atoms with Crippen LogP contribution in [0.4, 0.5) is 13.2 Å². The van der Waals surface area contributed by atoms with E-state index in [0.29, 0.717) is 17.9 Å². The summed E-state index contributed by atoms with van der Waals surface area (Å²) in [5, 5.41) is 0. The van der Waals surface area contributed by atoms with Gasteiger partial charge in [0.1, 0.15) is 10.6 Å². The third-order valence-electron chi connectivity index (χ3n) is 3.17. The Hall–Kier alpha value is -2.06. The first-order valence-electron chi connectivity index (χ1n) is 6.62. The van der Waals surface area contributed by atoms with E-state index >= 15 is 0 Å². The van der Waals surface area contributed by atoms with Gasteiger partial charge >= 0.3 is 0 Å². The molecule has 2 rings (SSSR count). The number of hydrogen-bond acceptors (Lipinski definition) is 3. The van der Waals surface area contributed by atoms with Gasteiger partial charge in [0, 0.05) is 6.54 Å². The summed E-state index contributed by atoms with van der Waals surface area (Å²) in [5.74, 6) is -4.42. The van der Waals surface area contributed by atoms with Crippen LogP contribution in [0.25, 0.3) is 0 Å². The molecule has 0 saturated carbocycles. The Labute approximate surface area is 132 Å². The van der Waals surface area contributed by atoms with E-state index in [1.165, 1.54) is 7.11 Å². The zero-order chi connectivity index (χ0) is 17.0. The Bertz CT molecular complexity index is 810. The van der Waals surface area contributed by atoms with Crippen LogP contribution in [-0.4, -0.2) is 22.1 Å². The molecule has 0 bridgehead atoms. The normalized spacial score (nSPS) is 11.5. The number of sulfonamides is 1. The molecule has 4 nitrogen and oxygen atoms in total. The molecule has 0 radical (unpaired) electrons. The fourth-order valence-corrected chi connectivity index (χ4v) is 3.12. The molecule has 0 atom stereocenters. The topological polar surface area (TPSA) is 55.4 Å². The van der Waals surface area contributed by atoms with Crippen LogP contribution < -0.4 is 9.46 Å². The summed E-state index contributed by atoms with van der Waals surface area (Å²) in [6, 6.07) is 8.25. The molecule has 0 spiro atoms. The first-order valence-corrected chi connectivity index (χ1v) is 8.10. The Kier molecular flexibility index (Phi) is 5.27. The highest BCUT2D eigenvalue weighted by molar-refractivity contribution is 7.89. The van der Waals surface area contributed by atoms with E-state index in [1.807, 2.05) is 0 Å². The predicted octanol–water partition coefficient (Wildman–Crippen LogP) is 2.63. The van der Waals surface area contributed by atoms with Gasteiger partial charge in [0.2, 0.25) is 10.0 Å². The maximum absolute atomic E-state index is 13.6. The van der Waals surface area contributed by atoms with Gasteiger partial charge in [-0.25, -0.2) is 26.3 Å². The maximum atomic E-state index is 13.6. The molecule has 0 fully saturated rings. The molecule has 0 saturated heterocycles. The molecule has 0 heterocycles. The molecular weight excluding hydrogens is 331 g/mol. The second-order valence-electron chi connectivity index (χ2n) is 4.63. The average molecular weight is 345 g/mol. The summed E-state index contributed by atoms with van der Waals surface area (Å²) in [6.45, 7) is -0.0544. The number of nitrogens with one attached hydrogen (secondary N) is 1. The van der Waals surface area contributed by atoms with Crippen molar-refractivity contribution in [1.29, 1.82) is 0 Å². The van der Waals surface area contributed by atoms with Gasteiger partial charge in [0.25, 0.3) is 0 Å². The van der Waals surface area contributed by atoms with Gasteiger partial charge in [0.05, 0.1) is 7.11 Å². The Balaban J connectivity index is 2.12. The number of benzene rings is 2. The van der Waals surface area contributed by atoms with Gasteiger partial charge in [-0.05, 0) is 30.2 Å². The van der Waals surface area contributed by atoms with E-state index in [4.69, 9.17) is 4.74 Å². The van der Waals surface area contributed by atoms with E-state index in [9.17, 15) is 21.6 Å². The van der Waals surface area contributed by atoms with Crippen molar-refractivity contribution in [3.8, 4) is 5.75 Å². The lowest BCUT2D eigenvalue weighted by molar-refractivity contribution is 0.409. The SMILES string of the molecule is COc1ccccc1CCNS(=O)(=O)c1ccc(F)c(F)c1F. The number of halogens is 3. The van der Waals surface area contributed by atoms with Gasteiger partial charge in [0.15, 0.2) is 17.5 Å². The lowest BCUT2D eigenvalue weighted by atomic mass is 10.1. The molecule has 2 aromatic carbocycles. The molecule has 0 aromatic heterocycles. The molecular formula is C15H14F3NO3S. The summed E-state index contributed by atoms with van der Waals surface area (Å²) >= 11 is 0. The molecule has 0 unspecified atom stereocenters. The zero-order valence-corrected chi connectivity index (χ0v) is 13.0. The van der Waals surface area contributed by atoms with Crippen LogP contribution in [0.1, 0.15) is 5.56 Å². The van der Waals surface area contributed by atoms with E-state index < -0.39 is 32.4 Å². The zero-order valence-electron chi connectivity index (χ0n) is 12.1. The van der Waals surface area contributed by atoms with Crippen molar-refractivity contribution in [1.82, 2.24) is 4.72 Å². The lowest BCUT2D eigenvalue weighted by Crippen LogP contribution is -2.27. The van der Waals surface area contributed by atoms with E-state index in [0.717, 1.165) is 5.56 Å². The van der Waals surface area contributed by atoms with Gasteiger partial charge in [-0.3, -0.25) is 0 Å². The van der Waals surface area contributed by atoms with Crippen molar-refractivity contribution in [2.75, 3.05) is 13.7 Å². The Morgan fingerprint density at radius 3 is 2.43 bits per heavy atom. The van der Waals surface area contributed by atoms with E-state index in [-0.39, 0.29) is 13.0 Å². The van der Waals surface area contributed by atoms with Crippen molar-refractivity contribution < 1.29 is 26.3 Å². The second kappa shape index (κ2) is 7.01. The van der Waals surface area contributed by atoms with Crippen molar-refractivity contribution >= 4 is 10.0 Å². The standard InChI is InChI=1S/C15H14F3NO3S/c1-22-12-5-3-2-4-10(12)8-9-19-23(20,21)13-7-6-11(16)14(17)15(13)18/h2-7,19H,8-9H2,1H3. The van der Waals surface area contributed by atoms with Crippen molar-refractivity contribution in [2.45, 2.75) is 11.3 Å². The minimum Gasteiger partial charge on any atom is -0.496 e. The Morgan fingerprint density at radius 2 is 1.74 bits per heavy atom. The lowest BCUT2D eigenvalue weighted by Gasteiger charge is -2.10. The molecule has 1 N–H and O–H groups in total. The maximum Gasteiger partial charge on any atom is 0.243 e. The quantitative estimate of drug-likeness (QED) is 0.819. The monoisotopic (exact) mass is 345 g/mol. The number of ether oxygens (including phenoxy) is 1. The molecule has 0 aliphatic carbocycles. The fraction of sp³-hybridized carbons (Fsp3) is 0.200. The molecule has 23 heavy (non-hydrogen) atoms. The van der Waals surface area contributed by atoms with Crippen LogP contribution in [0.5, 0.6) is 5.75 Å². The predicted molar refractivity (Wildman–Crippen MR) is 78.2 cm³/mol. The number of hydrogen-bond donors (Lipinski definition) is 1. The van der Waals surface area contributed by atoms with Gasteiger partial charge in [-0.2, -0.15) is 0 Å². The van der Waals surface area contributed by atoms with Crippen LogP contribution in [0.15, 0.2) is 41.3 Å². The highest BCUT2D eigenvalue weighted by atomic mass is 32.2. The van der Waals surface area contributed by atoms with Gasteiger partial charge in [-0.1, -0.05) is 18.2 Å². The van der Waals surface area contributed by atoms with Gasteiger partial charge in [-0.15, -0.1) is 0 Å². The third-order valence-corrected chi connectivity index (χ3v) is 4.65. The number of methoxy groups -OCH3 is 1. The van der Waals surface area contributed by atoms with Crippen LogP contribution in [0, 0.1) is 17.5 Å². The molecule has 0 amide bonds. The summed E-state index contributed by atoms with van der Waals surface area (Å²) in [7, 11) is -2.81. The smallest absolute Gasteiger partial charge is 0.243 e. The largest absolute Gasteiger partial charge is 0.496 e. The molecule has 0 aliphatic heterocycles. The van der Waals surface area contributed by atoms with Crippen molar-refractivity contribution in [2.24, 2.45) is 0 Å². The molecule has 124 valence electrons. The number of rotatable bonds is 6. The summed E-state index contributed by atoms with van der Waals surface area (Å²) in [6.07, 6.45) is 0.286. The highest BCUT2D eigenvalue weighted by Gasteiger charge is 2.23. The van der Waals surface area contributed by atoms with Crippen LogP contribution in [-0.2, 0) is 16.4 Å². The van der Waals surface area contributed by atoms with E-state index in [2.05, 4.69) is 4.72 Å². The van der Waals surface area contributed by atoms with Crippen molar-refractivity contribution in [3.63, 3.8) is 0 Å². The summed E-state index contributed by atoms with van der Waals surface area (Å²) in [5.41, 5.74) is 0.753. The van der Waals surface area contributed by atoms with Gasteiger partial charge < -0.3 is 4.74 Å². The number of para-hydroxylation sites is 1. The first kappa shape index (κ1) is 17.3. The first-order chi connectivity index (χ1) is 10.9. The highest BCUT2D eigenvalue weighted by Crippen LogP contribution is 2.20. The Morgan fingerprint density at radius 1 is 1.04 bits per heavy atom. The van der Waals surface area contributed by atoms with Crippen LogP contribution >= 0.6 is 0 Å². The minimum absolute atomic E-state index is 0.0544. The summed E-state index contributed by atoms with van der Waals surface area (Å²) < 4.78 is 70.8. The average Bonchev–Trinajstić information content (AvgIpc) is 2.52. The van der Waals surface area contributed by atoms with E-state index in [1.54, 1.807) is 24.3 Å². The molecule has 0 aliphatic rings. The second-order valence-corrected chi connectivity index (χ2v) is 6.37. The van der Waals surface area contributed by atoms with Crippen LogP contribution in [0.3, 0.4) is 0 Å².